The summed E-state index contributed by atoms with van der Waals surface area (Å²) in [6.07, 6.45) is 0. The predicted molar refractivity (Wildman–Crippen MR) is 113 cm³/mol. The summed E-state index contributed by atoms with van der Waals surface area (Å²) in [6, 6.07) is 22.1. The maximum absolute atomic E-state index is 12.4. The Labute approximate surface area is 170 Å². The highest BCUT2D eigenvalue weighted by Gasteiger charge is 2.14. The minimum absolute atomic E-state index is 0.156. The van der Waals surface area contributed by atoms with E-state index in [-0.39, 0.29) is 10.8 Å². The van der Waals surface area contributed by atoms with Gasteiger partial charge in [0, 0.05) is 11.3 Å². The largest absolute Gasteiger partial charge is 0.491 e. The molecule has 6 nitrogen and oxygen atoms in total. The molecule has 0 saturated heterocycles. The van der Waals surface area contributed by atoms with Crippen molar-refractivity contribution in [3.8, 4) is 5.75 Å². The molecule has 0 unspecified atom stereocenters. The summed E-state index contributed by atoms with van der Waals surface area (Å²) in [6.45, 7) is 2.61. The molecule has 0 fully saturated rings. The highest BCUT2D eigenvalue weighted by Crippen LogP contribution is 2.17. The zero-order valence-electron chi connectivity index (χ0n) is 16.0. The maximum Gasteiger partial charge on any atom is 0.261 e. The first kappa shape index (κ1) is 20.4. The van der Waals surface area contributed by atoms with Crippen molar-refractivity contribution in [1.29, 1.82) is 0 Å². The van der Waals surface area contributed by atoms with Crippen LogP contribution in [0.15, 0.2) is 83.8 Å². The summed E-state index contributed by atoms with van der Waals surface area (Å²) in [5.74, 6) is 0.471. The van der Waals surface area contributed by atoms with Gasteiger partial charge in [0.15, 0.2) is 0 Å². The zero-order valence-corrected chi connectivity index (χ0v) is 16.8. The minimum Gasteiger partial charge on any atom is -0.491 e. The van der Waals surface area contributed by atoms with Crippen LogP contribution in [0.3, 0.4) is 0 Å². The molecule has 0 aliphatic heterocycles. The summed E-state index contributed by atoms with van der Waals surface area (Å²) in [5, 5.41) is 2.77. The highest BCUT2D eigenvalue weighted by molar-refractivity contribution is 7.92. The third-order valence-electron chi connectivity index (χ3n) is 4.17. The monoisotopic (exact) mass is 410 g/mol. The molecule has 0 heterocycles. The van der Waals surface area contributed by atoms with E-state index in [9.17, 15) is 13.2 Å². The van der Waals surface area contributed by atoms with Crippen LogP contribution in [0, 0.1) is 6.92 Å². The van der Waals surface area contributed by atoms with Gasteiger partial charge in [0.25, 0.3) is 15.9 Å². The van der Waals surface area contributed by atoms with Gasteiger partial charge in [-0.1, -0.05) is 42.5 Å². The number of para-hydroxylation sites is 1. The molecule has 0 aliphatic carbocycles. The molecule has 0 aliphatic rings. The van der Waals surface area contributed by atoms with Gasteiger partial charge >= 0.3 is 0 Å². The number of hydrogen-bond acceptors (Lipinski definition) is 4. The number of anilines is 1. The molecule has 0 atom stereocenters. The quantitative estimate of drug-likeness (QED) is 0.556. The van der Waals surface area contributed by atoms with Crippen LogP contribution in [0.4, 0.5) is 5.69 Å². The molecule has 2 N–H and O–H groups in total. The number of benzene rings is 3. The zero-order chi connectivity index (χ0) is 20.7. The van der Waals surface area contributed by atoms with Crippen molar-refractivity contribution in [2.75, 3.05) is 17.9 Å². The molecule has 29 heavy (non-hydrogen) atoms. The van der Waals surface area contributed by atoms with E-state index in [1.807, 2.05) is 31.2 Å². The molecule has 0 bridgehead atoms. The fourth-order valence-electron chi connectivity index (χ4n) is 2.68. The topological polar surface area (TPSA) is 84.5 Å². The lowest BCUT2D eigenvalue weighted by molar-refractivity contribution is 0.0947. The number of sulfonamides is 1. The predicted octanol–water partition coefficient (Wildman–Crippen LogP) is 3.60. The van der Waals surface area contributed by atoms with Crippen molar-refractivity contribution in [2.24, 2.45) is 0 Å². The van der Waals surface area contributed by atoms with Gasteiger partial charge in [-0.15, -0.1) is 0 Å². The average Bonchev–Trinajstić information content (AvgIpc) is 2.73. The summed E-state index contributed by atoms with van der Waals surface area (Å²) in [7, 11) is -3.71. The van der Waals surface area contributed by atoms with Crippen LogP contribution in [0.2, 0.25) is 0 Å². The molecule has 1 amide bonds. The second-order valence-corrected chi connectivity index (χ2v) is 8.05. The van der Waals surface area contributed by atoms with Crippen LogP contribution < -0.4 is 14.8 Å². The fourth-order valence-corrected chi connectivity index (χ4v) is 3.75. The second-order valence-electron chi connectivity index (χ2n) is 6.37. The van der Waals surface area contributed by atoms with Crippen LogP contribution in [0.25, 0.3) is 0 Å². The van der Waals surface area contributed by atoms with E-state index >= 15 is 0 Å². The van der Waals surface area contributed by atoms with Gasteiger partial charge in [-0.3, -0.25) is 9.52 Å². The fraction of sp³-hybridized carbons (Fsp3) is 0.136. The molecule has 7 heteroatoms. The Morgan fingerprint density at radius 1 is 0.931 bits per heavy atom. The maximum atomic E-state index is 12.4. The molecular formula is C22H22N2O4S. The van der Waals surface area contributed by atoms with Crippen molar-refractivity contribution in [1.82, 2.24) is 5.32 Å². The Bertz CT molecular complexity index is 1080. The van der Waals surface area contributed by atoms with E-state index < -0.39 is 10.0 Å². The second kappa shape index (κ2) is 9.25. The molecule has 0 aromatic heterocycles. The van der Waals surface area contributed by atoms with Crippen LogP contribution in [-0.4, -0.2) is 27.5 Å². The van der Waals surface area contributed by atoms with Gasteiger partial charge < -0.3 is 10.1 Å². The van der Waals surface area contributed by atoms with Crippen molar-refractivity contribution in [3.63, 3.8) is 0 Å². The van der Waals surface area contributed by atoms with Gasteiger partial charge in [0.2, 0.25) is 0 Å². The number of hydrogen-bond donors (Lipinski definition) is 2. The standard InChI is InChI=1S/C22H22N2O4S/c1-17-8-5-6-13-21(17)28-15-14-23-22(25)18-9-7-10-19(16-18)24-29(26,27)20-11-3-2-4-12-20/h2-13,16,24H,14-15H2,1H3,(H,23,25). The Hall–Kier alpha value is -3.32. The van der Waals surface area contributed by atoms with E-state index in [4.69, 9.17) is 4.74 Å². The Morgan fingerprint density at radius 3 is 2.41 bits per heavy atom. The van der Waals surface area contributed by atoms with Gasteiger partial charge in [-0.2, -0.15) is 0 Å². The van der Waals surface area contributed by atoms with Gasteiger partial charge in [0.1, 0.15) is 12.4 Å². The van der Waals surface area contributed by atoms with Crippen molar-refractivity contribution in [3.05, 3.63) is 90.0 Å². The molecular weight excluding hydrogens is 388 g/mol. The highest BCUT2D eigenvalue weighted by atomic mass is 32.2. The summed E-state index contributed by atoms with van der Waals surface area (Å²) in [4.78, 5) is 12.5. The first-order valence-corrected chi connectivity index (χ1v) is 10.6. The normalized spacial score (nSPS) is 10.9. The number of carbonyl (C=O) groups is 1. The molecule has 3 rings (SSSR count). The summed E-state index contributed by atoms with van der Waals surface area (Å²) >= 11 is 0. The molecule has 3 aromatic rings. The lowest BCUT2D eigenvalue weighted by atomic mass is 10.2. The molecule has 3 aromatic carbocycles. The van der Waals surface area contributed by atoms with E-state index in [0.717, 1.165) is 11.3 Å². The Morgan fingerprint density at radius 2 is 1.66 bits per heavy atom. The smallest absolute Gasteiger partial charge is 0.261 e. The van der Waals surface area contributed by atoms with Gasteiger partial charge in [0.05, 0.1) is 11.4 Å². The third-order valence-corrected chi connectivity index (χ3v) is 5.57. The number of aryl methyl sites for hydroxylation is 1. The first-order chi connectivity index (χ1) is 14.0. The third kappa shape index (κ3) is 5.58. The SMILES string of the molecule is Cc1ccccc1OCCNC(=O)c1cccc(NS(=O)(=O)c2ccccc2)c1. The molecule has 0 spiro atoms. The lowest BCUT2D eigenvalue weighted by Crippen LogP contribution is -2.28. The van der Waals surface area contributed by atoms with Crippen molar-refractivity contribution in [2.45, 2.75) is 11.8 Å². The van der Waals surface area contributed by atoms with Crippen molar-refractivity contribution >= 4 is 21.6 Å². The van der Waals surface area contributed by atoms with Crippen LogP contribution in [-0.2, 0) is 10.0 Å². The summed E-state index contributed by atoms with van der Waals surface area (Å²) < 4.78 is 33.0. The minimum atomic E-state index is -3.71. The van der Waals surface area contributed by atoms with E-state index in [1.165, 1.54) is 18.2 Å². The van der Waals surface area contributed by atoms with E-state index in [1.54, 1.807) is 36.4 Å². The van der Waals surface area contributed by atoms with Crippen LogP contribution >= 0.6 is 0 Å². The van der Waals surface area contributed by atoms with E-state index in [2.05, 4.69) is 10.0 Å². The Balaban J connectivity index is 1.57. The summed E-state index contributed by atoms with van der Waals surface area (Å²) in [5.41, 5.74) is 1.70. The number of ether oxygens (including phenoxy) is 1. The lowest BCUT2D eigenvalue weighted by Gasteiger charge is -2.11. The van der Waals surface area contributed by atoms with Crippen LogP contribution in [0.5, 0.6) is 5.75 Å². The van der Waals surface area contributed by atoms with Gasteiger partial charge in [-0.25, -0.2) is 8.42 Å². The number of carbonyl (C=O) groups excluding carboxylic acids is 1. The molecule has 0 saturated carbocycles. The van der Waals surface area contributed by atoms with Crippen molar-refractivity contribution < 1.29 is 17.9 Å². The number of amides is 1. The van der Waals surface area contributed by atoms with Gasteiger partial charge in [-0.05, 0) is 48.9 Å². The van der Waals surface area contributed by atoms with Crippen LogP contribution in [0.1, 0.15) is 15.9 Å². The van der Waals surface area contributed by atoms with E-state index in [0.29, 0.717) is 24.4 Å². The first-order valence-electron chi connectivity index (χ1n) is 9.10. The molecule has 150 valence electrons. The number of nitrogens with one attached hydrogen (secondary N) is 2. The number of rotatable bonds is 8. The Kier molecular flexibility index (Phi) is 6.51. The molecule has 0 radical (unpaired) electrons. The average molecular weight is 410 g/mol.